The summed E-state index contributed by atoms with van der Waals surface area (Å²) in [5.41, 5.74) is 2.99. The number of nitrogens with zero attached hydrogens (tertiary/aromatic N) is 2. The number of piperidine rings is 1. The minimum Gasteiger partial charge on any atom is -0.508 e. The van der Waals surface area contributed by atoms with E-state index in [-0.39, 0.29) is 5.75 Å². The predicted molar refractivity (Wildman–Crippen MR) is 87.1 cm³/mol. The molecule has 112 valence electrons. The third kappa shape index (κ3) is 2.25. The first-order valence-corrected chi connectivity index (χ1v) is 7.80. The van der Waals surface area contributed by atoms with Gasteiger partial charge in [0.1, 0.15) is 11.6 Å². The summed E-state index contributed by atoms with van der Waals surface area (Å²) in [6, 6.07) is 13.5. The highest BCUT2D eigenvalue weighted by Gasteiger charge is 2.22. The number of phenols is 1. The van der Waals surface area contributed by atoms with Crippen LogP contribution in [-0.4, -0.2) is 27.6 Å². The molecule has 0 amide bonds. The number of aromatic nitrogens is 2. The summed E-state index contributed by atoms with van der Waals surface area (Å²) < 4.78 is 2.19. The quantitative estimate of drug-likeness (QED) is 0.763. The van der Waals surface area contributed by atoms with Crippen LogP contribution >= 0.6 is 0 Å². The molecular formula is C18H19N3O. The van der Waals surface area contributed by atoms with Crippen LogP contribution in [0.3, 0.4) is 0 Å². The fourth-order valence-corrected chi connectivity index (χ4v) is 3.29. The zero-order chi connectivity index (χ0) is 14.9. The number of hydrogen-bond donors (Lipinski definition) is 2. The molecule has 22 heavy (non-hydrogen) atoms. The number of nitrogens with one attached hydrogen (secondary N) is 1. The Balaban J connectivity index is 1.88. The number of rotatable bonds is 2. The highest BCUT2D eigenvalue weighted by molar-refractivity contribution is 5.78. The van der Waals surface area contributed by atoms with Gasteiger partial charge in [0.05, 0.1) is 11.2 Å². The standard InChI is InChI=1S/C18H19N3O/c22-15-7-3-5-13(11-15)17-16-8-1-2-10-21(16)18(20-17)14-6-4-9-19-12-14/h1-3,5,7-8,10-11,14,19,22H,4,6,9,12H2. The van der Waals surface area contributed by atoms with Crippen LogP contribution in [0.1, 0.15) is 24.6 Å². The van der Waals surface area contributed by atoms with E-state index in [0.29, 0.717) is 5.92 Å². The van der Waals surface area contributed by atoms with Crippen LogP contribution in [0.5, 0.6) is 5.75 Å². The molecule has 3 aromatic rings. The monoisotopic (exact) mass is 293 g/mol. The molecule has 1 saturated heterocycles. The van der Waals surface area contributed by atoms with Crippen molar-refractivity contribution in [2.75, 3.05) is 13.1 Å². The fourth-order valence-electron chi connectivity index (χ4n) is 3.29. The van der Waals surface area contributed by atoms with Crippen LogP contribution in [0, 0.1) is 0 Å². The summed E-state index contributed by atoms with van der Waals surface area (Å²) >= 11 is 0. The molecule has 2 aromatic heterocycles. The van der Waals surface area contributed by atoms with Gasteiger partial charge in [-0.25, -0.2) is 4.98 Å². The van der Waals surface area contributed by atoms with Gasteiger partial charge in [-0.05, 0) is 43.7 Å². The lowest BCUT2D eigenvalue weighted by molar-refractivity contribution is 0.446. The van der Waals surface area contributed by atoms with Crippen molar-refractivity contribution in [2.24, 2.45) is 0 Å². The number of phenolic OH excluding ortho intramolecular Hbond substituents is 1. The lowest BCUT2D eigenvalue weighted by Crippen LogP contribution is -2.29. The van der Waals surface area contributed by atoms with Gasteiger partial charge >= 0.3 is 0 Å². The topological polar surface area (TPSA) is 49.6 Å². The molecule has 3 heterocycles. The van der Waals surface area contributed by atoms with Gasteiger partial charge < -0.3 is 14.8 Å². The highest BCUT2D eigenvalue weighted by Crippen LogP contribution is 2.31. The average molecular weight is 293 g/mol. The van der Waals surface area contributed by atoms with Gasteiger partial charge in [-0.1, -0.05) is 18.2 Å². The third-order valence-corrected chi connectivity index (χ3v) is 4.36. The van der Waals surface area contributed by atoms with Gasteiger partial charge in [0.25, 0.3) is 0 Å². The number of imidazole rings is 1. The van der Waals surface area contributed by atoms with E-state index in [1.807, 2.05) is 24.3 Å². The Hall–Kier alpha value is -2.33. The SMILES string of the molecule is Oc1cccc(-c2nc(C3CCCNC3)n3ccccc23)c1. The maximum atomic E-state index is 9.76. The molecule has 4 rings (SSSR count). The van der Waals surface area contributed by atoms with E-state index in [1.54, 1.807) is 12.1 Å². The van der Waals surface area contributed by atoms with Crippen LogP contribution in [0.25, 0.3) is 16.8 Å². The van der Waals surface area contributed by atoms with E-state index >= 15 is 0 Å². The van der Waals surface area contributed by atoms with Crippen LogP contribution in [0.15, 0.2) is 48.7 Å². The molecule has 0 saturated carbocycles. The minimum atomic E-state index is 0.274. The Morgan fingerprint density at radius 2 is 2.14 bits per heavy atom. The molecule has 0 bridgehead atoms. The first-order valence-electron chi connectivity index (χ1n) is 7.80. The molecule has 0 spiro atoms. The second-order valence-electron chi connectivity index (χ2n) is 5.87. The van der Waals surface area contributed by atoms with E-state index in [2.05, 4.69) is 22.0 Å². The highest BCUT2D eigenvalue weighted by atomic mass is 16.3. The fraction of sp³-hybridized carbons (Fsp3) is 0.278. The summed E-state index contributed by atoms with van der Waals surface area (Å²) in [6.45, 7) is 2.08. The second kappa shape index (κ2) is 5.46. The molecule has 0 radical (unpaired) electrons. The molecule has 1 aliphatic rings. The molecule has 4 heteroatoms. The van der Waals surface area contributed by atoms with Crippen molar-refractivity contribution < 1.29 is 5.11 Å². The Labute approximate surface area is 129 Å². The first-order chi connectivity index (χ1) is 10.8. The van der Waals surface area contributed by atoms with Crippen molar-refractivity contribution in [3.8, 4) is 17.0 Å². The summed E-state index contributed by atoms with van der Waals surface area (Å²) in [5.74, 6) is 1.83. The van der Waals surface area contributed by atoms with Crippen molar-refractivity contribution in [3.63, 3.8) is 0 Å². The molecular weight excluding hydrogens is 274 g/mol. The first kappa shape index (κ1) is 13.3. The summed E-state index contributed by atoms with van der Waals surface area (Å²) in [6.07, 6.45) is 4.44. The third-order valence-electron chi connectivity index (χ3n) is 4.36. The van der Waals surface area contributed by atoms with Crippen LogP contribution in [0.4, 0.5) is 0 Å². The molecule has 1 aliphatic heterocycles. The van der Waals surface area contributed by atoms with Gasteiger partial charge in [0.2, 0.25) is 0 Å². The van der Waals surface area contributed by atoms with E-state index < -0.39 is 0 Å². The van der Waals surface area contributed by atoms with Crippen molar-refractivity contribution in [1.29, 1.82) is 0 Å². The Kier molecular flexibility index (Phi) is 3.31. The van der Waals surface area contributed by atoms with Gasteiger partial charge in [0, 0.05) is 24.2 Å². The molecule has 1 fully saturated rings. The lowest BCUT2D eigenvalue weighted by Gasteiger charge is -2.21. The number of hydrogen-bond acceptors (Lipinski definition) is 3. The normalized spacial score (nSPS) is 18.6. The second-order valence-corrected chi connectivity index (χ2v) is 5.87. The van der Waals surface area contributed by atoms with E-state index in [1.165, 1.54) is 12.8 Å². The van der Waals surface area contributed by atoms with Crippen molar-refractivity contribution in [2.45, 2.75) is 18.8 Å². The van der Waals surface area contributed by atoms with Crippen LogP contribution < -0.4 is 5.32 Å². The smallest absolute Gasteiger partial charge is 0.118 e. The number of pyridine rings is 1. The Morgan fingerprint density at radius 3 is 2.95 bits per heavy atom. The maximum absolute atomic E-state index is 9.76. The summed E-state index contributed by atoms with van der Waals surface area (Å²) in [5, 5.41) is 13.2. The zero-order valence-electron chi connectivity index (χ0n) is 12.4. The summed E-state index contributed by atoms with van der Waals surface area (Å²) in [4.78, 5) is 4.94. The van der Waals surface area contributed by atoms with Crippen LogP contribution in [0.2, 0.25) is 0 Å². The Bertz CT molecular complexity index is 803. The van der Waals surface area contributed by atoms with Crippen molar-refractivity contribution in [3.05, 3.63) is 54.5 Å². The number of benzene rings is 1. The van der Waals surface area contributed by atoms with Gasteiger partial charge in [-0.3, -0.25) is 0 Å². The average Bonchev–Trinajstić information content (AvgIpc) is 2.95. The van der Waals surface area contributed by atoms with E-state index in [4.69, 9.17) is 4.98 Å². The van der Waals surface area contributed by atoms with E-state index in [0.717, 1.165) is 35.7 Å². The van der Waals surface area contributed by atoms with Crippen molar-refractivity contribution >= 4 is 5.52 Å². The molecule has 4 nitrogen and oxygen atoms in total. The van der Waals surface area contributed by atoms with Gasteiger partial charge in [-0.15, -0.1) is 0 Å². The molecule has 1 unspecified atom stereocenters. The Morgan fingerprint density at radius 1 is 1.18 bits per heavy atom. The largest absolute Gasteiger partial charge is 0.508 e. The molecule has 2 N–H and O–H groups in total. The minimum absolute atomic E-state index is 0.274. The lowest BCUT2D eigenvalue weighted by atomic mass is 9.99. The number of aromatic hydroxyl groups is 1. The maximum Gasteiger partial charge on any atom is 0.118 e. The summed E-state index contributed by atoms with van der Waals surface area (Å²) in [7, 11) is 0. The molecule has 1 aromatic carbocycles. The zero-order valence-corrected chi connectivity index (χ0v) is 12.4. The predicted octanol–water partition coefficient (Wildman–Crippen LogP) is 3.17. The van der Waals surface area contributed by atoms with Gasteiger partial charge in [0.15, 0.2) is 0 Å². The number of fused-ring (bicyclic) bond motifs is 1. The van der Waals surface area contributed by atoms with Crippen molar-refractivity contribution in [1.82, 2.24) is 14.7 Å². The van der Waals surface area contributed by atoms with Gasteiger partial charge in [-0.2, -0.15) is 0 Å². The molecule has 1 atom stereocenters. The van der Waals surface area contributed by atoms with E-state index in [9.17, 15) is 5.11 Å². The van der Waals surface area contributed by atoms with Crippen LogP contribution in [-0.2, 0) is 0 Å². The molecule has 0 aliphatic carbocycles.